The van der Waals surface area contributed by atoms with Crippen LogP contribution in [0.2, 0.25) is 0 Å². The van der Waals surface area contributed by atoms with Crippen molar-refractivity contribution >= 4 is 0 Å². The fraction of sp³-hybridized carbons (Fsp3) is 0.111. The molecule has 4 nitrogen and oxygen atoms in total. The molecular formula is C9H8N3O. The molecule has 0 aliphatic heterocycles. The SMILES string of the molecule is OCc1ccn[c]c1-c1cc[nH]n1. The van der Waals surface area contributed by atoms with Crippen molar-refractivity contribution in [3.63, 3.8) is 0 Å². The van der Waals surface area contributed by atoms with Crippen LogP contribution in [0.1, 0.15) is 5.56 Å². The maximum Gasteiger partial charge on any atom is 0.0991 e. The van der Waals surface area contributed by atoms with E-state index < -0.39 is 0 Å². The van der Waals surface area contributed by atoms with Gasteiger partial charge < -0.3 is 5.11 Å². The predicted octanol–water partition coefficient (Wildman–Crippen LogP) is 0.764. The lowest BCUT2D eigenvalue weighted by molar-refractivity contribution is 0.282. The molecule has 0 amide bonds. The van der Waals surface area contributed by atoms with E-state index in [9.17, 15) is 0 Å². The molecular weight excluding hydrogens is 166 g/mol. The average Bonchev–Trinajstić information content (AvgIpc) is 2.70. The number of aromatic amines is 1. The summed E-state index contributed by atoms with van der Waals surface area (Å²) in [4.78, 5) is 3.86. The second-order valence-corrected chi connectivity index (χ2v) is 2.57. The Kier molecular flexibility index (Phi) is 2.06. The quantitative estimate of drug-likeness (QED) is 0.706. The van der Waals surface area contributed by atoms with Crippen molar-refractivity contribution in [2.24, 2.45) is 0 Å². The first-order valence-electron chi connectivity index (χ1n) is 3.88. The summed E-state index contributed by atoms with van der Waals surface area (Å²) >= 11 is 0. The fourth-order valence-corrected chi connectivity index (χ4v) is 1.14. The molecule has 2 heterocycles. The Bertz CT molecular complexity index is 384. The number of nitrogens with zero attached hydrogens (tertiary/aromatic N) is 2. The lowest BCUT2D eigenvalue weighted by Gasteiger charge is -2.00. The van der Waals surface area contributed by atoms with E-state index in [4.69, 9.17) is 5.11 Å². The smallest absolute Gasteiger partial charge is 0.0991 e. The minimum atomic E-state index is -0.0266. The van der Waals surface area contributed by atoms with Gasteiger partial charge in [0.2, 0.25) is 0 Å². The molecule has 2 N–H and O–H groups in total. The van der Waals surface area contributed by atoms with Gasteiger partial charge in [0.1, 0.15) is 0 Å². The highest BCUT2D eigenvalue weighted by atomic mass is 16.3. The van der Waals surface area contributed by atoms with Crippen LogP contribution >= 0.6 is 0 Å². The van der Waals surface area contributed by atoms with E-state index in [0.29, 0.717) is 0 Å². The Hall–Kier alpha value is -1.68. The molecule has 0 aliphatic carbocycles. The van der Waals surface area contributed by atoms with Crippen LogP contribution in [-0.2, 0) is 6.61 Å². The molecule has 2 aromatic heterocycles. The highest BCUT2D eigenvalue weighted by molar-refractivity contribution is 5.60. The molecule has 65 valence electrons. The second-order valence-electron chi connectivity index (χ2n) is 2.57. The van der Waals surface area contributed by atoms with Gasteiger partial charge in [-0.2, -0.15) is 5.10 Å². The number of rotatable bonds is 2. The van der Waals surface area contributed by atoms with Gasteiger partial charge in [-0.1, -0.05) is 0 Å². The largest absolute Gasteiger partial charge is 0.392 e. The number of H-pyrrole nitrogens is 1. The Balaban J connectivity index is 2.51. The van der Waals surface area contributed by atoms with E-state index in [0.717, 1.165) is 16.8 Å². The zero-order valence-electron chi connectivity index (χ0n) is 6.86. The molecule has 0 saturated heterocycles. The van der Waals surface area contributed by atoms with Crippen LogP contribution in [-0.4, -0.2) is 20.3 Å². The van der Waals surface area contributed by atoms with Crippen LogP contribution in [0.15, 0.2) is 24.5 Å². The van der Waals surface area contributed by atoms with Crippen molar-refractivity contribution in [1.29, 1.82) is 0 Å². The molecule has 13 heavy (non-hydrogen) atoms. The van der Waals surface area contributed by atoms with Crippen LogP contribution in [0.25, 0.3) is 11.3 Å². The molecule has 2 aromatic rings. The number of hydrogen-bond donors (Lipinski definition) is 2. The molecule has 0 atom stereocenters. The topological polar surface area (TPSA) is 61.8 Å². The van der Waals surface area contributed by atoms with Gasteiger partial charge in [0.15, 0.2) is 0 Å². The van der Waals surface area contributed by atoms with Crippen LogP contribution in [0.5, 0.6) is 0 Å². The minimum absolute atomic E-state index is 0.0266. The first-order chi connectivity index (χ1) is 6.42. The maximum atomic E-state index is 9.03. The number of hydrogen-bond acceptors (Lipinski definition) is 3. The Labute approximate surface area is 75.3 Å². The van der Waals surface area contributed by atoms with Crippen molar-refractivity contribution in [3.05, 3.63) is 36.3 Å². The Morgan fingerprint density at radius 2 is 2.38 bits per heavy atom. The van der Waals surface area contributed by atoms with E-state index in [2.05, 4.69) is 21.4 Å². The van der Waals surface area contributed by atoms with E-state index in [1.807, 2.05) is 6.07 Å². The van der Waals surface area contributed by atoms with Crippen LogP contribution in [0.3, 0.4) is 0 Å². The molecule has 0 saturated carbocycles. The highest BCUT2D eigenvalue weighted by Crippen LogP contribution is 2.18. The van der Waals surface area contributed by atoms with Crippen molar-refractivity contribution < 1.29 is 5.11 Å². The second kappa shape index (κ2) is 3.37. The molecule has 0 aliphatic rings. The zero-order chi connectivity index (χ0) is 9.10. The number of aliphatic hydroxyl groups excluding tert-OH is 1. The van der Waals surface area contributed by atoms with Gasteiger partial charge >= 0.3 is 0 Å². The molecule has 1 radical (unpaired) electrons. The van der Waals surface area contributed by atoms with Gasteiger partial charge in [-0.15, -0.1) is 0 Å². The third-order valence-corrected chi connectivity index (χ3v) is 1.77. The summed E-state index contributed by atoms with van der Waals surface area (Å²) in [7, 11) is 0. The van der Waals surface area contributed by atoms with E-state index in [1.54, 1.807) is 18.5 Å². The van der Waals surface area contributed by atoms with Gasteiger partial charge in [0, 0.05) is 18.0 Å². The highest BCUT2D eigenvalue weighted by Gasteiger charge is 2.05. The number of nitrogens with one attached hydrogen (secondary N) is 1. The van der Waals surface area contributed by atoms with E-state index in [-0.39, 0.29) is 6.61 Å². The minimum Gasteiger partial charge on any atom is -0.392 e. The van der Waals surface area contributed by atoms with E-state index in [1.165, 1.54) is 0 Å². The molecule has 4 heteroatoms. The molecule has 0 spiro atoms. The number of aromatic nitrogens is 3. The fourth-order valence-electron chi connectivity index (χ4n) is 1.14. The standard InChI is InChI=1S/C9H8N3O/c13-6-7-1-3-10-5-8(7)9-2-4-11-12-9/h1-4,13H,6H2,(H,11,12). The molecule has 2 rings (SSSR count). The average molecular weight is 174 g/mol. The monoisotopic (exact) mass is 174 g/mol. The van der Waals surface area contributed by atoms with Crippen molar-refractivity contribution in [1.82, 2.24) is 15.2 Å². The van der Waals surface area contributed by atoms with Gasteiger partial charge in [-0.05, 0) is 17.7 Å². The summed E-state index contributed by atoms with van der Waals surface area (Å²) in [6, 6.07) is 3.56. The summed E-state index contributed by atoms with van der Waals surface area (Å²) in [5.74, 6) is 0. The summed E-state index contributed by atoms with van der Waals surface area (Å²) < 4.78 is 0. The third-order valence-electron chi connectivity index (χ3n) is 1.77. The van der Waals surface area contributed by atoms with Gasteiger partial charge in [-0.3, -0.25) is 10.1 Å². The summed E-state index contributed by atoms with van der Waals surface area (Å²) in [6.45, 7) is -0.0266. The summed E-state index contributed by atoms with van der Waals surface area (Å²) in [5, 5.41) is 15.7. The normalized spacial score (nSPS) is 10.2. The zero-order valence-corrected chi connectivity index (χ0v) is 6.86. The third kappa shape index (κ3) is 1.43. The van der Waals surface area contributed by atoms with Crippen molar-refractivity contribution in [2.75, 3.05) is 0 Å². The molecule has 0 aromatic carbocycles. The van der Waals surface area contributed by atoms with Gasteiger partial charge in [0.25, 0.3) is 0 Å². The Morgan fingerprint density at radius 3 is 3.08 bits per heavy atom. The molecule has 0 fully saturated rings. The first kappa shape index (κ1) is 7.94. The Morgan fingerprint density at radius 1 is 1.46 bits per heavy atom. The van der Waals surface area contributed by atoms with Gasteiger partial charge in [-0.25, -0.2) is 0 Å². The van der Waals surface area contributed by atoms with Crippen LogP contribution < -0.4 is 0 Å². The maximum absolute atomic E-state index is 9.03. The summed E-state index contributed by atoms with van der Waals surface area (Å²) in [6.07, 6.45) is 6.12. The summed E-state index contributed by atoms with van der Waals surface area (Å²) in [5.41, 5.74) is 2.27. The van der Waals surface area contributed by atoms with Crippen LogP contribution in [0, 0.1) is 6.20 Å². The number of aliphatic hydroxyl groups is 1. The van der Waals surface area contributed by atoms with Crippen LogP contribution in [0.4, 0.5) is 0 Å². The van der Waals surface area contributed by atoms with Gasteiger partial charge in [0.05, 0.1) is 18.5 Å². The molecule has 0 bridgehead atoms. The van der Waals surface area contributed by atoms with Crippen molar-refractivity contribution in [3.8, 4) is 11.3 Å². The van der Waals surface area contributed by atoms with Crippen molar-refractivity contribution in [2.45, 2.75) is 6.61 Å². The number of pyridine rings is 1. The lowest BCUT2D eigenvalue weighted by atomic mass is 10.1. The lowest BCUT2D eigenvalue weighted by Crippen LogP contribution is -1.90. The first-order valence-corrected chi connectivity index (χ1v) is 3.88. The van der Waals surface area contributed by atoms with E-state index >= 15 is 0 Å². The predicted molar refractivity (Wildman–Crippen MR) is 46.6 cm³/mol. The molecule has 0 unspecified atom stereocenters.